The Hall–Kier alpha value is -1.10. The van der Waals surface area contributed by atoms with Gasteiger partial charge in [-0.25, -0.2) is 0 Å². The Balaban J connectivity index is 0.00000220. The molecule has 1 aliphatic rings. The number of carbonyl (C=O) groups is 1. The number of hydrogen-bond acceptors (Lipinski definition) is 3. The van der Waals surface area contributed by atoms with E-state index >= 15 is 0 Å². The van der Waals surface area contributed by atoms with Crippen LogP contribution >= 0.6 is 12.4 Å². The minimum absolute atomic E-state index is 0. The van der Waals surface area contributed by atoms with Crippen LogP contribution in [0.25, 0.3) is 0 Å². The van der Waals surface area contributed by atoms with Crippen molar-refractivity contribution < 1.29 is 9.53 Å². The number of rotatable bonds is 4. The molecule has 1 aromatic rings. The number of nitrogens with one attached hydrogen (secondary N) is 1. The van der Waals surface area contributed by atoms with E-state index in [1.807, 2.05) is 0 Å². The van der Waals surface area contributed by atoms with Crippen LogP contribution in [-0.2, 0) is 16.1 Å². The zero-order valence-electron chi connectivity index (χ0n) is 12.7. The van der Waals surface area contributed by atoms with Crippen molar-refractivity contribution in [3.8, 4) is 0 Å². The highest BCUT2D eigenvalue weighted by Gasteiger charge is 2.26. The summed E-state index contributed by atoms with van der Waals surface area (Å²) >= 11 is 0. The summed E-state index contributed by atoms with van der Waals surface area (Å²) in [5.74, 6) is 0.180. The molecule has 0 bridgehead atoms. The van der Waals surface area contributed by atoms with E-state index < -0.39 is 6.04 Å². The number of benzene rings is 1. The summed E-state index contributed by atoms with van der Waals surface area (Å²) < 4.78 is 5.30. The Morgan fingerprint density at radius 1 is 1.38 bits per heavy atom. The Morgan fingerprint density at radius 3 is 2.67 bits per heavy atom. The quantitative estimate of drug-likeness (QED) is 0.895. The molecule has 1 fully saturated rings. The van der Waals surface area contributed by atoms with Crippen molar-refractivity contribution in [3.63, 3.8) is 0 Å². The molecule has 0 spiro atoms. The zero-order chi connectivity index (χ0) is 14.5. The highest BCUT2D eigenvalue weighted by Crippen LogP contribution is 2.18. The Kier molecular flexibility index (Phi) is 7.15. The molecule has 0 radical (unpaired) electrons. The Bertz CT molecular complexity index is 473. The van der Waals surface area contributed by atoms with Gasteiger partial charge in [0.15, 0.2) is 0 Å². The number of hydrogen-bond donors (Lipinski definition) is 2. The van der Waals surface area contributed by atoms with E-state index in [0.717, 1.165) is 18.4 Å². The maximum Gasteiger partial charge on any atom is 0.237 e. The molecule has 0 aliphatic carbocycles. The van der Waals surface area contributed by atoms with Crippen LogP contribution in [0.15, 0.2) is 18.2 Å². The van der Waals surface area contributed by atoms with Crippen molar-refractivity contribution >= 4 is 18.3 Å². The smallest absolute Gasteiger partial charge is 0.237 e. The standard InChI is InChI=1S/C16H24N2O2.ClH/c1-11-3-4-14(12(2)9-11)10-18-16(19)15(17)13-5-7-20-8-6-13;/h3-4,9,13,15H,5-8,10,17H2,1-2H3,(H,18,19);1H. The molecule has 1 amide bonds. The van der Waals surface area contributed by atoms with Gasteiger partial charge in [-0.05, 0) is 43.7 Å². The van der Waals surface area contributed by atoms with E-state index in [4.69, 9.17) is 10.5 Å². The van der Waals surface area contributed by atoms with Gasteiger partial charge in [0.2, 0.25) is 5.91 Å². The van der Waals surface area contributed by atoms with E-state index in [2.05, 4.69) is 37.4 Å². The predicted molar refractivity (Wildman–Crippen MR) is 86.5 cm³/mol. The molecule has 1 unspecified atom stereocenters. The van der Waals surface area contributed by atoms with Crippen LogP contribution in [0.4, 0.5) is 0 Å². The van der Waals surface area contributed by atoms with Gasteiger partial charge in [-0.2, -0.15) is 0 Å². The first-order valence-corrected chi connectivity index (χ1v) is 7.25. The second kappa shape index (κ2) is 8.37. The van der Waals surface area contributed by atoms with Crippen LogP contribution in [0.5, 0.6) is 0 Å². The Labute approximate surface area is 132 Å². The lowest BCUT2D eigenvalue weighted by Crippen LogP contribution is -2.46. The fourth-order valence-corrected chi connectivity index (χ4v) is 2.63. The second-order valence-electron chi connectivity index (χ2n) is 5.62. The van der Waals surface area contributed by atoms with Crippen LogP contribution in [0.1, 0.15) is 29.5 Å². The monoisotopic (exact) mass is 312 g/mol. The molecule has 5 heteroatoms. The SMILES string of the molecule is Cc1ccc(CNC(=O)C(N)C2CCOCC2)c(C)c1.Cl. The number of halogens is 1. The fourth-order valence-electron chi connectivity index (χ4n) is 2.63. The minimum atomic E-state index is -0.426. The average Bonchev–Trinajstić information content (AvgIpc) is 2.46. The summed E-state index contributed by atoms with van der Waals surface area (Å²) in [7, 11) is 0. The number of aryl methyl sites for hydroxylation is 2. The molecule has 1 saturated heterocycles. The largest absolute Gasteiger partial charge is 0.381 e. The van der Waals surface area contributed by atoms with Crippen molar-refractivity contribution in [3.05, 3.63) is 34.9 Å². The van der Waals surface area contributed by atoms with Gasteiger partial charge in [0, 0.05) is 19.8 Å². The first-order chi connectivity index (χ1) is 9.58. The lowest BCUT2D eigenvalue weighted by molar-refractivity contribution is -0.124. The van der Waals surface area contributed by atoms with Gasteiger partial charge < -0.3 is 15.8 Å². The molecular formula is C16H25ClN2O2. The molecule has 3 N–H and O–H groups in total. The Morgan fingerprint density at radius 2 is 2.05 bits per heavy atom. The fraction of sp³-hybridized carbons (Fsp3) is 0.562. The van der Waals surface area contributed by atoms with Crippen molar-refractivity contribution in [1.29, 1.82) is 0 Å². The maximum absolute atomic E-state index is 12.1. The summed E-state index contributed by atoms with van der Waals surface area (Å²) in [4.78, 5) is 12.1. The lowest BCUT2D eigenvalue weighted by atomic mass is 9.92. The molecule has 118 valence electrons. The summed E-state index contributed by atoms with van der Waals surface area (Å²) in [5, 5.41) is 2.95. The molecule has 1 atom stereocenters. The molecule has 4 nitrogen and oxygen atoms in total. The van der Waals surface area contributed by atoms with Crippen LogP contribution < -0.4 is 11.1 Å². The molecule has 0 saturated carbocycles. The van der Waals surface area contributed by atoms with Gasteiger partial charge >= 0.3 is 0 Å². The van der Waals surface area contributed by atoms with Crippen molar-refractivity contribution in [2.24, 2.45) is 11.7 Å². The molecular weight excluding hydrogens is 288 g/mol. The topological polar surface area (TPSA) is 64.4 Å². The third-order valence-corrected chi connectivity index (χ3v) is 4.03. The summed E-state index contributed by atoms with van der Waals surface area (Å²) in [6, 6.07) is 5.82. The number of carbonyl (C=O) groups excluding carboxylic acids is 1. The third-order valence-electron chi connectivity index (χ3n) is 4.03. The molecule has 2 rings (SSSR count). The minimum Gasteiger partial charge on any atom is -0.381 e. The van der Waals surface area contributed by atoms with Gasteiger partial charge in [-0.1, -0.05) is 23.8 Å². The summed E-state index contributed by atoms with van der Waals surface area (Å²) in [5.41, 5.74) is 9.62. The highest BCUT2D eigenvalue weighted by molar-refractivity contribution is 5.85. The van der Waals surface area contributed by atoms with Crippen molar-refractivity contribution in [1.82, 2.24) is 5.32 Å². The second-order valence-corrected chi connectivity index (χ2v) is 5.62. The normalized spacial score (nSPS) is 16.9. The predicted octanol–water partition coefficient (Wildman–Crippen LogP) is 2.10. The van der Waals surface area contributed by atoms with Gasteiger partial charge in [-0.15, -0.1) is 12.4 Å². The summed E-state index contributed by atoms with van der Waals surface area (Å²) in [6.07, 6.45) is 1.75. The van der Waals surface area contributed by atoms with E-state index in [1.54, 1.807) is 0 Å². The van der Waals surface area contributed by atoms with Gasteiger partial charge in [0.1, 0.15) is 0 Å². The maximum atomic E-state index is 12.1. The average molecular weight is 313 g/mol. The highest BCUT2D eigenvalue weighted by atomic mass is 35.5. The molecule has 1 aliphatic heterocycles. The van der Waals surface area contributed by atoms with E-state index in [9.17, 15) is 4.79 Å². The van der Waals surface area contributed by atoms with Crippen molar-refractivity contribution in [2.45, 2.75) is 39.3 Å². The first-order valence-electron chi connectivity index (χ1n) is 7.25. The molecule has 1 aromatic carbocycles. The van der Waals surface area contributed by atoms with Gasteiger partial charge in [0.05, 0.1) is 6.04 Å². The van der Waals surface area contributed by atoms with Gasteiger partial charge in [-0.3, -0.25) is 4.79 Å². The van der Waals surface area contributed by atoms with E-state index in [1.165, 1.54) is 11.1 Å². The number of amides is 1. The van der Waals surface area contributed by atoms with Crippen LogP contribution in [-0.4, -0.2) is 25.2 Å². The molecule has 0 aromatic heterocycles. The van der Waals surface area contributed by atoms with Gasteiger partial charge in [0.25, 0.3) is 0 Å². The van der Waals surface area contributed by atoms with Crippen LogP contribution in [0, 0.1) is 19.8 Å². The molecule has 21 heavy (non-hydrogen) atoms. The first kappa shape index (κ1) is 18.0. The number of nitrogens with two attached hydrogens (primary N) is 1. The summed E-state index contributed by atoms with van der Waals surface area (Å²) in [6.45, 7) is 6.09. The molecule has 1 heterocycles. The van der Waals surface area contributed by atoms with Crippen LogP contribution in [0.3, 0.4) is 0 Å². The van der Waals surface area contributed by atoms with E-state index in [0.29, 0.717) is 19.8 Å². The van der Waals surface area contributed by atoms with Crippen molar-refractivity contribution in [2.75, 3.05) is 13.2 Å². The number of ether oxygens (including phenoxy) is 1. The van der Waals surface area contributed by atoms with E-state index in [-0.39, 0.29) is 24.2 Å². The lowest BCUT2D eigenvalue weighted by Gasteiger charge is -2.26. The third kappa shape index (κ3) is 4.99. The van der Waals surface area contributed by atoms with Crippen LogP contribution in [0.2, 0.25) is 0 Å². The zero-order valence-corrected chi connectivity index (χ0v) is 13.5.